The number of rotatable bonds is 3. The Morgan fingerprint density at radius 3 is 2.55 bits per heavy atom. The van der Waals surface area contributed by atoms with E-state index in [1.807, 2.05) is 0 Å². The molecule has 0 amide bonds. The zero-order valence-electron chi connectivity index (χ0n) is 7.00. The molecule has 62 valence electrons. The van der Waals surface area contributed by atoms with Crippen molar-refractivity contribution in [1.29, 1.82) is 0 Å². The highest BCUT2D eigenvalue weighted by atomic mass is 16.5. The average Bonchev–Trinajstić information content (AvgIpc) is 2.05. The molecule has 0 aliphatic carbocycles. The SMILES string of the molecule is C=NN(C)/C(=C\C)C(=O)OC. The van der Waals surface area contributed by atoms with Crippen LogP contribution in [0.25, 0.3) is 0 Å². The maximum absolute atomic E-state index is 10.9. The molecule has 0 aliphatic rings. The van der Waals surface area contributed by atoms with Crippen LogP contribution in [-0.4, -0.2) is 31.9 Å². The van der Waals surface area contributed by atoms with E-state index < -0.39 is 5.97 Å². The summed E-state index contributed by atoms with van der Waals surface area (Å²) in [5.74, 6) is -0.414. The fraction of sp³-hybridized carbons (Fsp3) is 0.429. The second kappa shape index (κ2) is 4.49. The molecule has 0 fully saturated rings. The predicted molar refractivity (Wildman–Crippen MR) is 43.1 cm³/mol. The normalized spacial score (nSPS) is 10.6. The lowest BCUT2D eigenvalue weighted by molar-refractivity contribution is -0.137. The summed E-state index contributed by atoms with van der Waals surface area (Å²) in [6, 6.07) is 0. The lowest BCUT2D eigenvalue weighted by atomic mass is 10.4. The van der Waals surface area contributed by atoms with Crippen molar-refractivity contribution in [2.24, 2.45) is 5.10 Å². The molecule has 4 nitrogen and oxygen atoms in total. The second-order valence-corrected chi connectivity index (χ2v) is 1.83. The number of hydrogen-bond acceptors (Lipinski definition) is 4. The molecular weight excluding hydrogens is 144 g/mol. The van der Waals surface area contributed by atoms with Gasteiger partial charge in [0.1, 0.15) is 5.70 Å². The van der Waals surface area contributed by atoms with Gasteiger partial charge in [-0.1, -0.05) is 6.08 Å². The molecule has 0 aromatic carbocycles. The summed E-state index contributed by atoms with van der Waals surface area (Å²) in [6.07, 6.45) is 1.61. The van der Waals surface area contributed by atoms with Gasteiger partial charge in [-0.15, -0.1) is 0 Å². The molecule has 0 N–H and O–H groups in total. The van der Waals surface area contributed by atoms with Crippen molar-refractivity contribution in [3.8, 4) is 0 Å². The zero-order valence-corrected chi connectivity index (χ0v) is 7.00. The third-order valence-electron chi connectivity index (χ3n) is 1.23. The molecule has 0 aromatic rings. The number of methoxy groups -OCH3 is 1. The van der Waals surface area contributed by atoms with Gasteiger partial charge in [0.2, 0.25) is 0 Å². The first-order valence-electron chi connectivity index (χ1n) is 3.12. The molecular formula is C7H12N2O2. The van der Waals surface area contributed by atoms with Crippen LogP contribution in [0.1, 0.15) is 6.92 Å². The molecule has 11 heavy (non-hydrogen) atoms. The number of hydrazone groups is 1. The first-order valence-corrected chi connectivity index (χ1v) is 3.12. The standard InChI is InChI=1S/C7H12N2O2/c1-5-6(7(10)11-4)9(3)8-2/h5H,2H2,1,3-4H3/b6-5-. The van der Waals surface area contributed by atoms with E-state index in [0.717, 1.165) is 0 Å². The van der Waals surface area contributed by atoms with Crippen LogP contribution in [0.3, 0.4) is 0 Å². The number of likely N-dealkylation sites (N-methyl/N-ethyl adjacent to an activating group) is 1. The van der Waals surface area contributed by atoms with Crippen LogP contribution in [0.4, 0.5) is 0 Å². The first-order chi connectivity index (χ1) is 5.17. The molecule has 0 saturated carbocycles. The van der Waals surface area contributed by atoms with Gasteiger partial charge in [-0.05, 0) is 6.92 Å². The van der Waals surface area contributed by atoms with Crippen LogP contribution in [-0.2, 0) is 9.53 Å². The maximum Gasteiger partial charge on any atom is 0.355 e. The van der Waals surface area contributed by atoms with Crippen LogP contribution < -0.4 is 0 Å². The molecule has 0 radical (unpaired) electrons. The Balaban J connectivity index is 4.42. The minimum absolute atomic E-state index is 0.377. The second-order valence-electron chi connectivity index (χ2n) is 1.83. The summed E-state index contributed by atoms with van der Waals surface area (Å²) in [7, 11) is 2.95. The third kappa shape index (κ3) is 2.41. The molecule has 0 aromatic heterocycles. The molecule has 0 rings (SSSR count). The van der Waals surface area contributed by atoms with Gasteiger partial charge in [0.25, 0.3) is 0 Å². The highest BCUT2D eigenvalue weighted by molar-refractivity contribution is 5.87. The summed E-state index contributed by atoms with van der Waals surface area (Å²) in [5, 5.41) is 4.90. The largest absolute Gasteiger partial charge is 0.464 e. The van der Waals surface area contributed by atoms with Crippen molar-refractivity contribution < 1.29 is 9.53 Å². The zero-order chi connectivity index (χ0) is 8.85. The Bertz CT molecular complexity index is 187. The van der Waals surface area contributed by atoms with E-state index in [4.69, 9.17) is 0 Å². The van der Waals surface area contributed by atoms with Crippen molar-refractivity contribution in [2.45, 2.75) is 6.92 Å². The molecule has 0 unspecified atom stereocenters. The van der Waals surface area contributed by atoms with Gasteiger partial charge in [-0.25, -0.2) is 4.79 Å². The molecule has 0 spiro atoms. The molecule has 0 saturated heterocycles. The summed E-state index contributed by atoms with van der Waals surface area (Å²) in [4.78, 5) is 10.9. The number of carbonyl (C=O) groups excluding carboxylic acids is 1. The number of allylic oxidation sites excluding steroid dienone is 1. The first kappa shape index (κ1) is 9.68. The minimum Gasteiger partial charge on any atom is -0.464 e. The van der Waals surface area contributed by atoms with Crippen molar-refractivity contribution in [3.05, 3.63) is 11.8 Å². The van der Waals surface area contributed by atoms with E-state index in [1.54, 1.807) is 20.0 Å². The molecule has 0 atom stereocenters. The fourth-order valence-corrected chi connectivity index (χ4v) is 0.618. The summed E-state index contributed by atoms with van der Waals surface area (Å²) < 4.78 is 4.49. The van der Waals surface area contributed by atoms with Crippen molar-refractivity contribution in [3.63, 3.8) is 0 Å². The van der Waals surface area contributed by atoms with Crippen molar-refractivity contribution in [2.75, 3.05) is 14.2 Å². The van der Waals surface area contributed by atoms with Gasteiger partial charge < -0.3 is 4.74 Å². The smallest absolute Gasteiger partial charge is 0.355 e. The topological polar surface area (TPSA) is 41.9 Å². The molecule has 0 bridgehead atoms. The van der Waals surface area contributed by atoms with Gasteiger partial charge >= 0.3 is 5.97 Å². The van der Waals surface area contributed by atoms with Crippen LogP contribution in [0.15, 0.2) is 16.9 Å². The Labute approximate surface area is 66.1 Å². The monoisotopic (exact) mass is 156 g/mol. The van der Waals surface area contributed by atoms with Crippen LogP contribution in [0.5, 0.6) is 0 Å². The number of hydrogen-bond donors (Lipinski definition) is 0. The summed E-state index contributed by atoms with van der Waals surface area (Å²) >= 11 is 0. The Morgan fingerprint density at radius 2 is 2.27 bits per heavy atom. The highest BCUT2D eigenvalue weighted by Gasteiger charge is 2.11. The van der Waals surface area contributed by atoms with Crippen molar-refractivity contribution >= 4 is 12.7 Å². The molecule has 0 aliphatic heterocycles. The van der Waals surface area contributed by atoms with E-state index in [9.17, 15) is 4.79 Å². The molecule has 0 heterocycles. The Kier molecular flexibility index (Phi) is 3.95. The van der Waals surface area contributed by atoms with E-state index in [0.29, 0.717) is 5.70 Å². The lowest BCUT2D eigenvalue weighted by Gasteiger charge is -2.12. The van der Waals surface area contributed by atoms with Crippen LogP contribution >= 0.6 is 0 Å². The van der Waals surface area contributed by atoms with Crippen molar-refractivity contribution in [1.82, 2.24) is 5.01 Å². The number of carbonyl (C=O) groups is 1. The average molecular weight is 156 g/mol. The number of nitrogens with zero attached hydrogens (tertiary/aromatic N) is 2. The van der Waals surface area contributed by atoms with E-state index in [1.165, 1.54) is 12.1 Å². The highest BCUT2D eigenvalue weighted by Crippen LogP contribution is 2.02. The fourth-order valence-electron chi connectivity index (χ4n) is 0.618. The third-order valence-corrected chi connectivity index (χ3v) is 1.23. The van der Waals surface area contributed by atoms with E-state index in [2.05, 4.69) is 16.6 Å². The molecule has 4 heteroatoms. The van der Waals surface area contributed by atoms with E-state index >= 15 is 0 Å². The minimum atomic E-state index is -0.414. The van der Waals surface area contributed by atoms with Crippen LogP contribution in [0.2, 0.25) is 0 Å². The summed E-state index contributed by atoms with van der Waals surface area (Å²) in [5.41, 5.74) is 0.377. The quantitative estimate of drug-likeness (QED) is 0.260. The van der Waals surface area contributed by atoms with Gasteiger partial charge in [-0.2, -0.15) is 5.10 Å². The number of esters is 1. The number of ether oxygens (including phenoxy) is 1. The Hall–Kier alpha value is -1.32. The Morgan fingerprint density at radius 1 is 1.73 bits per heavy atom. The van der Waals surface area contributed by atoms with Crippen LogP contribution in [0, 0.1) is 0 Å². The maximum atomic E-state index is 10.9. The van der Waals surface area contributed by atoms with Gasteiger partial charge in [0.15, 0.2) is 0 Å². The summed E-state index contributed by atoms with van der Waals surface area (Å²) in [6.45, 7) is 5.00. The van der Waals surface area contributed by atoms with E-state index in [-0.39, 0.29) is 0 Å². The predicted octanol–water partition coefficient (Wildman–Crippen LogP) is 0.611. The van der Waals surface area contributed by atoms with Gasteiger partial charge in [0.05, 0.1) is 7.11 Å². The van der Waals surface area contributed by atoms with Gasteiger partial charge in [-0.3, -0.25) is 5.01 Å². The van der Waals surface area contributed by atoms with Gasteiger partial charge in [0, 0.05) is 13.8 Å². The lowest BCUT2D eigenvalue weighted by Crippen LogP contribution is -2.19.